The molecule has 2 N–H and O–H groups in total. The number of carbonyl (C=O) groups is 1. The van der Waals surface area contributed by atoms with E-state index < -0.39 is 11.9 Å². The third kappa shape index (κ3) is 2.74. The number of benzene rings is 1. The molecule has 0 fully saturated rings. The number of nitrogens with one attached hydrogen (secondary N) is 1. The predicted molar refractivity (Wildman–Crippen MR) is 61.2 cm³/mol. The van der Waals surface area contributed by atoms with Crippen LogP contribution in [0.3, 0.4) is 0 Å². The van der Waals surface area contributed by atoms with Gasteiger partial charge in [-0.15, -0.1) is 0 Å². The summed E-state index contributed by atoms with van der Waals surface area (Å²) in [5.41, 5.74) is 2.20. The van der Waals surface area contributed by atoms with Crippen molar-refractivity contribution in [1.29, 1.82) is 5.26 Å². The van der Waals surface area contributed by atoms with E-state index in [-0.39, 0.29) is 0 Å². The van der Waals surface area contributed by atoms with Crippen molar-refractivity contribution in [2.45, 2.75) is 13.8 Å². The molecular weight excluding hydrogens is 204 g/mol. The van der Waals surface area contributed by atoms with Gasteiger partial charge in [0.25, 0.3) is 0 Å². The first-order valence-electron chi connectivity index (χ1n) is 5.02. The van der Waals surface area contributed by atoms with Crippen LogP contribution in [0.5, 0.6) is 0 Å². The van der Waals surface area contributed by atoms with E-state index in [0.29, 0.717) is 12.1 Å². The van der Waals surface area contributed by atoms with Crippen molar-refractivity contribution in [2.24, 2.45) is 5.92 Å². The van der Waals surface area contributed by atoms with Crippen LogP contribution in [0.1, 0.15) is 18.1 Å². The minimum Gasteiger partial charge on any atom is -0.481 e. The van der Waals surface area contributed by atoms with E-state index in [9.17, 15) is 4.79 Å². The summed E-state index contributed by atoms with van der Waals surface area (Å²) < 4.78 is 0. The van der Waals surface area contributed by atoms with Crippen molar-refractivity contribution < 1.29 is 9.90 Å². The van der Waals surface area contributed by atoms with Crippen LogP contribution in [0, 0.1) is 24.2 Å². The molecule has 84 valence electrons. The normalized spacial score (nSPS) is 11.6. The zero-order valence-electron chi connectivity index (χ0n) is 9.32. The Balaban J connectivity index is 2.82. The summed E-state index contributed by atoms with van der Waals surface area (Å²) in [6, 6.07) is 7.48. The maximum absolute atomic E-state index is 10.7. The fourth-order valence-corrected chi connectivity index (χ4v) is 1.34. The first-order chi connectivity index (χ1) is 7.56. The molecule has 1 unspecified atom stereocenters. The number of aryl methyl sites for hydroxylation is 1. The van der Waals surface area contributed by atoms with Gasteiger partial charge in [-0.3, -0.25) is 4.79 Å². The highest BCUT2D eigenvalue weighted by Crippen LogP contribution is 2.19. The molecule has 1 atom stereocenters. The molecule has 0 bridgehead atoms. The Morgan fingerprint density at radius 1 is 1.62 bits per heavy atom. The van der Waals surface area contributed by atoms with E-state index >= 15 is 0 Å². The quantitative estimate of drug-likeness (QED) is 0.810. The minimum absolute atomic E-state index is 0.314. The van der Waals surface area contributed by atoms with E-state index in [0.717, 1.165) is 11.3 Å². The van der Waals surface area contributed by atoms with Gasteiger partial charge in [0.1, 0.15) is 6.07 Å². The van der Waals surface area contributed by atoms with E-state index in [2.05, 4.69) is 11.4 Å². The van der Waals surface area contributed by atoms with E-state index in [1.165, 1.54) is 0 Å². The van der Waals surface area contributed by atoms with Crippen LogP contribution < -0.4 is 5.32 Å². The SMILES string of the molecule is Cc1cccc(C#N)c1NCC(C)C(=O)O. The second-order valence-electron chi connectivity index (χ2n) is 3.73. The topological polar surface area (TPSA) is 73.1 Å². The summed E-state index contributed by atoms with van der Waals surface area (Å²) >= 11 is 0. The number of para-hydroxylation sites is 1. The lowest BCUT2D eigenvalue weighted by atomic mass is 10.1. The average Bonchev–Trinajstić information content (AvgIpc) is 2.26. The van der Waals surface area contributed by atoms with Gasteiger partial charge >= 0.3 is 5.97 Å². The van der Waals surface area contributed by atoms with Crippen LogP contribution in [0.4, 0.5) is 5.69 Å². The van der Waals surface area contributed by atoms with Gasteiger partial charge in [0.05, 0.1) is 17.2 Å². The molecule has 0 saturated carbocycles. The number of anilines is 1. The van der Waals surface area contributed by atoms with Crippen molar-refractivity contribution >= 4 is 11.7 Å². The second kappa shape index (κ2) is 5.17. The molecule has 0 heterocycles. The van der Waals surface area contributed by atoms with Crippen LogP contribution in [0.2, 0.25) is 0 Å². The van der Waals surface area contributed by atoms with Gasteiger partial charge in [0.15, 0.2) is 0 Å². The van der Waals surface area contributed by atoms with Crippen molar-refractivity contribution in [3.8, 4) is 6.07 Å². The third-order valence-corrected chi connectivity index (χ3v) is 2.40. The second-order valence-corrected chi connectivity index (χ2v) is 3.73. The summed E-state index contributed by atoms with van der Waals surface area (Å²) in [5, 5.41) is 20.7. The summed E-state index contributed by atoms with van der Waals surface area (Å²) in [7, 11) is 0. The lowest BCUT2D eigenvalue weighted by molar-refractivity contribution is -0.140. The van der Waals surface area contributed by atoms with Crippen molar-refractivity contribution in [1.82, 2.24) is 0 Å². The highest BCUT2D eigenvalue weighted by atomic mass is 16.4. The van der Waals surface area contributed by atoms with E-state index in [1.807, 2.05) is 13.0 Å². The van der Waals surface area contributed by atoms with Gasteiger partial charge in [0, 0.05) is 6.54 Å². The number of carboxylic acids is 1. The van der Waals surface area contributed by atoms with Crippen LogP contribution >= 0.6 is 0 Å². The molecule has 16 heavy (non-hydrogen) atoms. The zero-order valence-corrected chi connectivity index (χ0v) is 9.32. The highest BCUT2D eigenvalue weighted by Gasteiger charge is 2.12. The Morgan fingerprint density at radius 3 is 2.88 bits per heavy atom. The molecule has 4 heteroatoms. The third-order valence-electron chi connectivity index (χ3n) is 2.40. The largest absolute Gasteiger partial charge is 0.481 e. The number of nitriles is 1. The molecule has 0 spiro atoms. The molecule has 0 saturated heterocycles. The Labute approximate surface area is 94.5 Å². The molecule has 0 aliphatic heterocycles. The van der Waals surface area contributed by atoms with Crippen molar-refractivity contribution in [3.05, 3.63) is 29.3 Å². The van der Waals surface area contributed by atoms with Crippen LogP contribution in [0.15, 0.2) is 18.2 Å². The first kappa shape index (κ1) is 12.1. The Morgan fingerprint density at radius 2 is 2.31 bits per heavy atom. The van der Waals surface area contributed by atoms with Crippen LogP contribution in [-0.2, 0) is 4.79 Å². The number of aliphatic carboxylic acids is 1. The van der Waals surface area contributed by atoms with E-state index in [4.69, 9.17) is 10.4 Å². The fourth-order valence-electron chi connectivity index (χ4n) is 1.34. The number of hydrogen-bond donors (Lipinski definition) is 2. The summed E-state index contributed by atoms with van der Waals surface area (Å²) in [4.78, 5) is 10.7. The van der Waals surface area contributed by atoms with Crippen molar-refractivity contribution in [2.75, 3.05) is 11.9 Å². The number of hydrogen-bond acceptors (Lipinski definition) is 3. The Hall–Kier alpha value is -2.02. The lowest BCUT2D eigenvalue weighted by Gasteiger charge is -2.13. The Bertz CT molecular complexity index is 435. The Kier molecular flexibility index (Phi) is 3.90. The predicted octanol–water partition coefficient (Wildman–Crippen LogP) is 2.00. The molecule has 4 nitrogen and oxygen atoms in total. The fraction of sp³-hybridized carbons (Fsp3) is 0.333. The zero-order chi connectivity index (χ0) is 12.1. The van der Waals surface area contributed by atoms with E-state index in [1.54, 1.807) is 19.1 Å². The summed E-state index contributed by atoms with van der Waals surface area (Å²) in [6.45, 7) is 3.82. The van der Waals surface area contributed by atoms with Gasteiger partial charge in [0.2, 0.25) is 0 Å². The molecule has 1 aromatic carbocycles. The van der Waals surface area contributed by atoms with Gasteiger partial charge < -0.3 is 10.4 Å². The first-order valence-corrected chi connectivity index (χ1v) is 5.02. The standard InChI is InChI=1S/C12H14N2O2/c1-8-4-3-5-10(6-13)11(8)14-7-9(2)12(15)16/h3-5,9,14H,7H2,1-2H3,(H,15,16). The van der Waals surface area contributed by atoms with Gasteiger partial charge in [-0.25, -0.2) is 0 Å². The molecule has 0 aliphatic carbocycles. The average molecular weight is 218 g/mol. The van der Waals surface area contributed by atoms with Crippen LogP contribution in [0.25, 0.3) is 0 Å². The molecule has 0 radical (unpaired) electrons. The maximum Gasteiger partial charge on any atom is 0.308 e. The number of carboxylic acid groups (broad SMARTS) is 1. The molecule has 1 rings (SSSR count). The molecule has 1 aromatic rings. The molecular formula is C12H14N2O2. The van der Waals surface area contributed by atoms with Gasteiger partial charge in [-0.1, -0.05) is 19.1 Å². The smallest absolute Gasteiger partial charge is 0.308 e. The minimum atomic E-state index is -0.848. The summed E-state index contributed by atoms with van der Waals surface area (Å²) in [5.74, 6) is -1.33. The van der Waals surface area contributed by atoms with Gasteiger partial charge in [-0.2, -0.15) is 5.26 Å². The van der Waals surface area contributed by atoms with Gasteiger partial charge in [-0.05, 0) is 18.6 Å². The summed E-state index contributed by atoms with van der Waals surface area (Å²) in [6.07, 6.45) is 0. The number of rotatable bonds is 4. The van der Waals surface area contributed by atoms with Crippen LogP contribution in [-0.4, -0.2) is 17.6 Å². The van der Waals surface area contributed by atoms with Crippen molar-refractivity contribution in [3.63, 3.8) is 0 Å². The number of nitrogens with zero attached hydrogens (tertiary/aromatic N) is 1. The maximum atomic E-state index is 10.7. The molecule has 0 aliphatic rings. The molecule has 0 aromatic heterocycles. The lowest BCUT2D eigenvalue weighted by Crippen LogP contribution is -2.20. The highest BCUT2D eigenvalue weighted by molar-refractivity contribution is 5.71. The molecule has 0 amide bonds. The monoisotopic (exact) mass is 218 g/mol.